The smallest absolute Gasteiger partial charge is 0.414 e. The minimum Gasteiger partial charge on any atom is -0.463 e. The van der Waals surface area contributed by atoms with E-state index in [1.54, 1.807) is 0 Å². The normalized spacial score (nSPS) is 9.86. The third kappa shape index (κ3) is 8.01. The molecule has 0 aliphatic heterocycles. The van der Waals surface area contributed by atoms with Crippen molar-refractivity contribution in [2.75, 3.05) is 19.8 Å². The fourth-order valence-electron chi connectivity index (χ4n) is 1.58. The Morgan fingerprint density at radius 3 is 2.41 bits per heavy atom. The van der Waals surface area contributed by atoms with Gasteiger partial charge < -0.3 is 19.9 Å². The molecule has 0 aromatic heterocycles. The molecule has 1 aromatic rings. The Morgan fingerprint density at radius 1 is 1.05 bits per heavy atom. The van der Waals surface area contributed by atoms with E-state index in [0.717, 1.165) is 5.56 Å². The van der Waals surface area contributed by atoms with Crippen molar-refractivity contribution in [2.24, 2.45) is 0 Å². The van der Waals surface area contributed by atoms with Crippen LogP contribution in [0, 0.1) is 0 Å². The van der Waals surface area contributed by atoms with Crippen molar-refractivity contribution in [1.29, 1.82) is 0 Å². The lowest BCUT2D eigenvalue weighted by Crippen LogP contribution is -2.28. The summed E-state index contributed by atoms with van der Waals surface area (Å²) in [6, 6.07) is 9.54. The summed E-state index contributed by atoms with van der Waals surface area (Å²) in [6.45, 7) is -0.0530. The van der Waals surface area contributed by atoms with E-state index in [1.165, 1.54) is 0 Å². The highest BCUT2D eigenvalue weighted by atomic mass is 16.6. The molecule has 7 heteroatoms. The number of esters is 2. The van der Waals surface area contributed by atoms with Crippen molar-refractivity contribution in [3.05, 3.63) is 35.9 Å². The van der Waals surface area contributed by atoms with E-state index >= 15 is 0 Å². The molecule has 0 unspecified atom stereocenters. The third-order valence-electron chi connectivity index (χ3n) is 2.62. The van der Waals surface area contributed by atoms with Crippen LogP contribution < -0.4 is 5.32 Å². The minimum absolute atomic E-state index is 0.117. The number of aliphatic hydroxyl groups excluding tert-OH is 1. The number of benzene rings is 1. The highest BCUT2D eigenvalue weighted by molar-refractivity contribution is 5.86. The van der Waals surface area contributed by atoms with Crippen molar-refractivity contribution < 1.29 is 29.0 Å². The lowest BCUT2D eigenvalue weighted by Gasteiger charge is -2.06. The van der Waals surface area contributed by atoms with Gasteiger partial charge >= 0.3 is 18.0 Å². The molecule has 0 saturated carbocycles. The van der Waals surface area contributed by atoms with Gasteiger partial charge in [-0.05, 0) is 12.0 Å². The van der Waals surface area contributed by atoms with Crippen LogP contribution in [0.2, 0.25) is 0 Å². The zero-order valence-corrected chi connectivity index (χ0v) is 12.1. The molecule has 0 aliphatic carbocycles. The SMILES string of the molecule is O=C(CCC(=O)OC(=O)NCCc1ccccc1)OCCO. The van der Waals surface area contributed by atoms with Gasteiger partial charge in [-0.1, -0.05) is 30.3 Å². The molecule has 0 aliphatic rings. The Kier molecular flexibility index (Phi) is 8.29. The van der Waals surface area contributed by atoms with Gasteiger partial charge in [0.05, 0.1) is 19.4 Å². The average molecular weight is 309 g/mol. The molecule has 22 heavy (non-hydrogen) atoms. The third-order valence-corrected chi connectivity index (χ3v) is 2.62. The van der Waals surface area contributed by atoms with E-state index in [1.807, 2.05) is 30.3 Å². The van der Waals surface area contributed by atoms with E-state index in [9.17, 15) is 14.4 Å². The van der Waals surface area contributed by atoms with Crippen molar-refractivity contribution in [1.82, 2.24) is 5.32 Å². The molecule has 0 bridgehead atoms. The van der Waals surface area contributed by atoms with Crippen LogP contribution in [0.1, 0.15) is 18.4 Å². The molecule has 0 spiro atoms. The van der Waals surface area contributed by atoms with Gasteiger partial charge in [0.15, 0.2) is 0 Å². The van der Waals surface area contributed by atoms with Crippen molar-refractivity contribution in [3.63, 3.8) is 0 Å². The van der Waals surface area contributed by atoms with Crippen LogP contribution in [0.4, 0.5) is 4.79 Å². The van der Waals surface area contributed by atoms with Crippen molar-refractivity contribution >= 4 is 18.0 Å². The average Bonchev–Trinajstić information content (AvgIpc) is 2.52. The predicted octanol–water partition coefficient (Wildman–Crippen LogP) is 0.798. The fraction of sp³-hybridized carbons (Fsp3) is 0.400. The maximum Gasteiger partial charge on any atom is 0.414 e. The Morgan fingerprint density at radius 2 is 1.73 bits per heavy atom. The van der Waals surface area contributed by atoms with Gasteiger partial charge in [-0.3, -0.25) is 9.59 Å². The number of ether oxygens (including phenoxy) is 2. The van der Waals surface area contributed by atoms with Crippen LogP contribution in [0.25, 0.3) is 0 Å². The van der Waals surface area contributed by atoms with Gasteiger partial charge in [-0.25, -0.2) is 4.79 Å². The summed E-state index contributed by atoms with van der Waals surface area (Å²) < 4.78 is 9.06. The van der Waals surface area contributed by atoms with E-state index in [2.05, 4.69) is 14.8 Å². The molecule has 0 saturated heterocycles. The number of alkyl carbamates (subject to hydrolysis) is 1. The Balaban J connectivity index is 2.13. The summed E-state index contributed by atoms with van der Waals surface area (Å²) in [4.78, 5) is 33.8. The van der Waals surface area contributed by atoms with Crippen LogP contribution in [0.5, 0.6) is 0 Å². The number of nitrogens with one attached hydrogen (secondary N) is 1. The van der Waals surface area contributed by atoms with Crippen LogP contribution >= 0.6 is 0 Å². The second-order valence-corrected chi connectivity index (χ2v) is 4.37. The zero-order chi connectivity index (χ0) is 16.2. The predicted molar refractivity (Wildman–Crippen MR) is 76.9 cm³/mol. The van der Waals surface area contributed by atoms with Gasteiger partial charge in [0.2, 0.25) is 0 Å². The molecular weight excluding hydrogens is 290 g/mol. The first-order chi connectivity index (χ1) is 10.6. The molecule has 120 valence electrons. The number of carbonyl (C=O) groups is 3. The molecule has 1 aromatic carbocycles. The number of aliphatic hydroxyl groups is 1. The van der Waals surface area contributed by atoms with Crippen LogP contribution in [-0.4, -0.2) is 42.9 Å². The topological polar surface area (TPSA) is 102 Å². The lowest BCUT2D eigenvalue weighted by molar-refractivity contribution is -0.148. The minimum atomic E-state index is -0.843. The quantitative estimate of drug-likeness (QED) is 0.544. The molecule has 0 atom stereocenters. The number of hydrogen-bond acceptors (Lipinski definition) is 6. The summed E-state index contributed by atoms with van der Waals surface area (Å²) in [6.07, 6.45) is -0.672. The molecule has 0 radical (unpaired) electrons. The van der Waals surface area contributed by atoms with Crippen LogP contribution in [0.15, 0.2) is 30.3 Å². The van der Waals surface area contributed by atoms with Crippen molar-refractivity contribution in [3.8, 4) is 0 Å². The first kappa shape index (κ1) is 17.6. The number of hydrogen-bond donors (Lipinski definition) is 2. The summed E-state index contributed by atoms with van der Waals surface area (Å²) >= 11 is 0. The summed E-state index contributed by atoms with van der Waals surface area (Å²) in [7, 11) is 0. The Labute approximate surface area is 128 Å². The molecule has 2 N–H and O–H groups in total. The molecule has 0 heterocycles. The van der Waals surface area contributed by atoms with E-state index in [-0.39, 0.29) is 26.1 Å². The van der Waals surface area contributed by atoms with Gasteiger partial charge in [0.1, 0.15) is 6.61 Å². The van der Waals surface area contributed by atoms with Crippen LogP contribution in [0.3, 0.4) is 0 Å². The molecular formula is C15H19NO6. The highest BCUT2D eigenvalue weighted by Crippen LogP contribution is 1.99. The largest absolute Gasteiger partial charge is 0.463 e. The Hall–Kier alpha value is -2.41. The number of rotatable bonds is 8. The standard InChI is InChI=1S/C15H19NO6/c17-10-11-21-13(18)6-7-14(19)22-15(20)16-9-8-12-4-2-1-3-5-12/h1-5,17H,6-11H2,(H,16,20). The van der Waals surface area contributed by atoms with Gasteiger partial charge in [-0.2, -0.15) is 0 Å². The monoisotopic (exact) mass is 309 g/mol. The Bertz CT molecular complexity index is 488. The van der Waals surface area contributed by atoms with Gasteiger partial charge in [0, 0.05) is 6.54 Å². The zero-order valence-electron chi connectivity index (χ0n) is 12.1. The van der Waals surface area contributed by atoms with E-state index < -0.39 is 18.0 Å². The summed E-state index contributed by atoms with van der Waals surface area (Å²) in [5, 5.41) is 10.9. The second-order valence-electron chi connectivity index (χ2n) is 4.37. The van der Waals surface area contributed by atoms with E-state index in [4.69, 9.17) is 5.11 Å². The first-order valence-corrected chi connectivity index (χ1v) is 6.90. The maximum atomic E-state index is 11.4. The molecule has 7 nitrogen and oxygen atoms in total. The lowest BCUT2D eigenvalue weighted by atomic mass is 10.1. The summed E-state index contributed by atoms with van der Waals surface area (Å²) in [5.41, 5.74) is 1.06. The second kappa shape index (κ2) is 10.3. The fourth-order valence-corrected chi connectivity index (χ4v) is 1.58. The van der Waals surface area contributed by atoms with Crippen molar-refractivity contribution in [2.45, 2.75) is 19.3 Å². The first-order valence-electron chi connectivity index (χ1n) is 6.90. The molecule has 0 fully saturated rings. The van der Waals surface area contributed by atoms with E-state index in [0.29, 0.717) is 13.0 Å². The molecule has 1 rings (SSSR count). The van der Waals surface area contributed by atoms with Gasteiger partial charge in [0.25, 0.3) is 0 Å². The highest BCUT2D eigenvalue weighted by Gasteiger charge is 2.12. The van der Waals surface area contributed by atoms with Gasteiger partial charge in [-0.15, -0.1) is 0 Å². The maximum absolute atomic E-state index is 11.4. The molecule has 1 amide bonds. The van der Waals surface area contributed by atoms with Crippen LogP contribution in [-0.2, 0) is 25.5 Å². The summed E-state index contributed by atoms with van der Waals surface area (Å²) in [5.74, 6) is -1.44. The number of amides is 1. The number of carbonyl (C=O) groups excluding carboxylic acids is 3.